The molecule has 4 nitrogen and oxygen atoms in total. The Morgan fingerprint density at radius 3 is 2.64 bits per heavy atom. The van der Waals surface area contributed by atoms with Gasteiger partial charge < -0.3 is 9.67 Å². The molecule has 0 radical (unpaired) electrons. The van der Waals surface area contributed by atoms with E-state index in [0.29, 0.717) is 6.42 Å². The van der Waals surface area contributed by atoms with Gasteiger partial charge in [0, 0.05) is 29.8 Å². The molecule has 1 N–H and O–H groups in total. The molecule has 2 aromatic heterocycles. The number of rotatable bonds is 6. The molecule has 0 aliphatic rings. The first-order valence-corrected chi connectivity index (χ1v) is 9.20. The molecule has 2 heterocycles. The number of benzene rings is 2. The van der Waals surface area contributed by atoms with Gasteiger partial charge in [0.1, 0.15) is 0 Å². The zero-order valence-corrected chi connectivity index (χ0v) is 15.3. The highest BCUT2D eigenvalue weighted by atomic mass is 16.4. The Morgan fingerprint density at radius 1 is 1.04 bits per heavy atom. The van der Waals surface area contributed by atoms with Crippen LogP contribution in [0.4, 0.5) is 0 Å². The number of aromatic nitrogens is 2. The minimum atomic E-state index is -0.780. The fourth-order valence-corrected chi connectivity index (χ4v) is 3.30. The quantitative estimate of drug-likeness (QED) is 0.508. The highest BCUT2D eigenvalue weighted by Gasteiger charge is 2.10. The minimum absolute atomic E-state index is 0.129. The maximum atomic E-state index is 10.9. The third kappa shape index (κ3) is 3.86. The van der Waals surface area contributed by atoms with Gasteiger partial charge in [0.2, 0.25) is 0 Å². The van der Waals surface area contributed by atoms with Crippen LogP contribution in [0.15, 0.2) is 79.3 Å². The van der Waals surface area contributed by atoms with Crippen molar-refractivity contribution in [2.24, 2.45) is 0 Å². The number of carboxylic acids is 1. The number of carboxylic acid groups (broad SMARTS) is 1. The minimum Gasteiger partial charge on any atom is -0.481 e. The molecule has 0 unspecified atom stereocenters. The normalized spacial score (nSPS) is 11.3. The zero-order valence-electron chi connectivity index (χ0n) is 15.3. The van der Waals surface area contributed by atoms with Crippen molar-refractivity contribution in [2.75, 3.05) is 0 Å². The Hall–Kier alpha value is -3.66. The fourth-order valence-electron chi connectivity index (χ4n) is 3.30. The van der Waals surface area contributed by atoms with Gasteiger partial charge in [-0.3, -0.25) is 9.78 Å². The van der Waals surface area contributed by atoms with E-state index in [-0.39, 0.29) is 6.42 Å². The van der Waals surface area contributed by atoms with Crippen LogP contribution in [0, 0.1) is 0 Å². The second kappa shape index (κ2) is 7.92. The third-order valence-corrected chi connectivity index (χ3v) is 4.71. The van der Waals surface area contributed by atoms with Gasteiger partial charge >= 0.3 is 5.97 Å². The Bertz CT molecular complexity index is 1130. The van der Waals surface area contributed by atoms with Gasteiger partial charge in [-0.15, -0.1) is 0 Å². The lowest BCUT2D eigenvalue weighted by Gasteiger charge is -2.05. The topological polar surface area (TPSA) is 55.1 Å². The molecule has 28 heavy (non-hydrogen) atoms. The average molecular weight is 368 g/mol. The maximum absolute atomic E-state index is 10.9. The number of aryl methyl sites for hydroxylation is 1. The smallest absolute Gasteiger partial charge is 0.303 e. The average Bonchev–Trinajstić information content (AvgIpc) is 3.10. The first-order chi connectivity index (χ1) is 13.7. The van der Waals surface area contributed by atoms with Crippen molar-refractivity contribution in [1.82, 2.24) is 9.55 Å². The number of aliphatic carboxylic acids is 1. The van der Waals surface area contributed by atoms with E-state index in [0.717, 1.165) is 33.3 Å². The van der Waals surface area contributed by atoms with Crippen LogP contribution in [0.1, 0.15) is 23.1 Å². The van der Waals surface area contributed by atoms with E-state index < -0.39 is 5.97 Å². The Labute approximate surface area is 163 Å². The van der Waals surface area contributed by atoms with Crippen molar-refractivity contribution in [2.45, 2.75) is 12.8 Å². The van der Waals surface area contributed by atoms with Crippen molar-refractivity contribution >= 4 is 29.0 Å². The molecule has 0 aliphatic carbocycles. The second-order valence-corrected chi connectivity index (χ2v) is 6.65. The predicted octanol–water partition coefficient (Wildman–Crippen LogP) is 5.21. The summed E-state index contributed by atoms with van der Waals surface area (Å²) in [6.07, 6.45) is 10.5. The second-order valence-electron chi connectivity index (χ2n) is 6.65. The Kier molecular flexibility index (Phi) is 5.02. The van der Waals surface area contributed by atoms with Gasteiger partial charge in [-0.1, -0.05) is 48.6 Å². The number of carbonyl (C=O) groups is 1. The van der Waals surface area contributed by atoms with Crippen LogP contribution >= 0.6 is 0 Å². The summed E-state index contributed by atoms with van der Waals surface area (Å²) in [4.78, 5) is 15.2. The molecule has 4 aromatic rings. The summed E-state index contributed by atoms with van der Waals surface area (Å²) in [7, 11) is 0. The van der Waals surface area contributed by atoms with Gasteiger partial charge in [-0.2, -0.15) is 0 Å². The van der Waals surface area contributed by atoms with Crippen LogP contribution in [0.2, 0.25) is 0 Å². The summed E-state index contributed by atoms with van der Waals surface area (Å²) < 4.78 is 2.12. The summed E-state index contributed by atoms with van der Waals surface area (Å²) >= 11 is 0. The summed E-state index contributed by atoms with van der Waals surface area (Å²) in [6.45, 7) is 0. The van der Waals surface area contributed by atoms with E-state index in [1.54, 1.807) is 6.20 Å². The van der Waals surface area contributed by atoms with Gasteiger partial charge in [0.05, 0.1) is 17.4 Å². The maximum Gasteiger partial charge on any atom is 0.303 e. The molecule has 0 atom stereocenters. The number of hydrogen-bond acceptors (Lipinski definition) is 2. The van der Waals surface area contributed by atoms with Gasteiger partial charge in [0.15, 0.2) is 0 Å². The van der Waals surface area contributed by atoms with E-state index in [9.17, 15) is 4.79 Å². The van der Waals surface area contributed by atoms with Crippen molar-refractivity contribution < 1.29 is 9.90 Å². The summed E-state index contributed by atoms with van der Waals surface area (Å²) in [5, 5.41) is 10.1. The molecule has 2 aromatic carbocycles. The van der Waals surface area contributed by atoms with E-state index >= 15 is 0 Å². The van der Waals surface area contributed by atoms with E-state index in [1.165, 1.54) is 0 Å². The summed E-state index contributed by atoms with van der Waals surface area (Å²) in [6, 6.07) is 20.3. The molecule has 138 valence electrons. The fraction of sp³-hybridized carbons (Fsp3) is 0.0833. The number of fused-ring (bicyclic) bond motifs is 1. The SMILES string of the molecule is O=C(O)CCc1ccc2c(c1)c(C=Cc1ccccc1)cn2-c1cccnc1. The molecule has 4 rings (SSSR count). The Morgan fingerprint density at radius 2 is 1.89 bits per heavy atom. The molecule has 0 spiro atoms. The third-order valence-electron chi connectivity index (χ3n) is 4.71. The van der Waals surface area contributed by atoms with Crippen LogP contribution in [-0.4, -0.2) is 20.6 Å². The van der Waals surface area contributed by atoms with Crippen LogP contribution in [-0.2, 0) is 11.2 Å². The van der Waals surface area contributed by atoms with Crippen molar-refractivity contribution in [3.05, 3.63) is 95.9 Å². The standard InChI is InChI=1S/C24H20N2O2/c27-24(28)13-10-19-9-12-23-22(15-19)20(11-8-18-5-2-1-3-6-18)17-26(23)21-7-4-14-25-16-21/h1-9,11-12,14-17H,10,13H2,(H,27,28). The zero-order chi connectivity index (χ0) is 19.3. The lowest BCUT2D eigenvalue weighted by Crippen LogP contribution is -1.97. The summed E-state index contributed by atoms with van der Waals surface area (Å²) in [5.41, 5.74) is 5.30. The number of nitrogens with zero attached hydrogens (tertiary/aromatic N) is 2. The summed E-state index contributed by atoms with van der Waals surface area (Å²) in [5.74, 6) is -0.780. The molecule has 0 saturated carbocycles. The van der Waals surface area contributed by atoms with Gasteiger partial charge in [-0.05, 0) is 41.8 Å². The van der Waals surface area contributed by atoms with E-state index in [2.05, 4.69) is 52.2 Å². The first kappa shape index (κ1) is 17.7. The molecule has 0 aliphatic heterocycles. The van der Waals surface area contributed by atoms with Crippen LogP contribution in [0.5, 0.6) is 0 Å². The van der Waals surface area contributed by atoms with Crippen LogP contribution in [0.3, 0.4) is 0 Å². The molecular formula is C24H20N2O2. The molecule has 0 saturated heterocycles. The van der Waals surface area contributed by atoms with Crippen molar-refractivity contribution in [3.8, 4) is 5.69 Å². The van der Waals surface area contributed by atoms with Gasteiger partial charge in [-0.25, -0.2) is 0 Å². The molecule has 0 fully saturated rings. The monoisotopic (exact) mass is 368 g/mol. The van der Waals surface area contributed by atoms with E-state index in [4.69, 9.17) is 5.11 Å². The highest BCUT2D eigenvalue weighted by molar-refractivity contribution is 5.93. The number of pyridine rings is 1. The van der Waals surface area contributed by atoms with E-state index in [1.807, 2.05) is 42.6 Å². The molecule has 0 amide bonds. The molecular weight excluding hydrogens is 348 g/mol. The number of hydrogen-bond donors (Lipinski definition) is 1. The van der Waals surface area contributed by atoms with Gasteiger partial charge in [0.25, 0.3) is 0 Å². The molecule has 4 heteroatoms. The van der Waals surface area contributed by atoms with Crippen molar-refractivity contribution in [1.29, 1.82) is 0 Å². The first-order valence-electron chi connectivity index (χ1n) is 9.20. The van der Waals surface area contributed by atoms with Crippen molar-refractivity contribution in [3.63, 3.8) is 0 Å². The largest absolute Gasteiger partial charge is 0.481 e. The lowest BCUT2D eigenvalue weighted by atomic mass is 10.0. The molecule has 0 bridgehead atoms. The lowest BCUT2D eigenvalue weighted by molar-refractivity contribution is -0.136. The van der Waals surface area contributed by atoms with Crippen LogP contribution in [0.25, 0.3) is 28.7 Å². The predicted molar refractivity (Wildman–Crippen MR) is 112 cm³/mol. The highest BCUT2D eigenvalue weighted by Crippen LogP contribution is 2.28. The Balaban J connectivity index is 1.80. The van der Waals surface area contributed by atoms with Crippen LogP contribution < -0.4 is 0 Å².